The van der Waals surface area contributed by atoms with Gasteiger partial charge in [0.05, 0.1) is 5.69 Å². The van der Waals surface area contributed by atoms with Gasteiger partial charge in [-0.25, -0.2) is 14.2 Å². The quantitative estimate of drug-likeness (QED) is 0.467. The van der Waals surface area contributed by atoms with Crippen LogP contribution in [-0.4, -0.2) is 40.2 Å². The summed E-state index contributed by atoms with van der Waals surface area (Å²) in [5.41, 5.74) is 1.07. The number of nitrogens with zero attached hydrogens (tertiary/aromatic N) is 2. The zero-order chi connectivity index (χ0) is 24.5. The third kappa shape index (κ3) is 4.64. The average molecular weight is 482 g/mol. The number of benzene rings is 2. The molecule has 3 aromatic rings. The molecule has 11 heteroatoms. The maximum Gasteiger partial charge on any atom is 0.325 e. The van der Waals surface area contributed by atoms with E-state index in [1.165, 1.54) is 49.4 Å². The first kappa shape index (κ1) is 23.1. The van der Waals surface area contributed by atoms with Crippen LogP contribution in [-0.2, 0) is 19.9 Å². The van der Waals surface area contributed by atoms with Crippen molar-refractivity contribution in [2.45, 2.75) is 19.4 Å². The molecule has 0 radical (unpaired) electrons. The number of imide groups is 1. The highest BCUT2D eigenvalue weighted by Crippen LogP contribution is 2.29. The van der Waals surface area contributed by atoms with Crippen molar-refractivity contribution in [3.8, 4) is 11.3 Å². The summed E-state index contributed by atoms with van der Waals surface area (Å²) < 4.78 is 13.2. The molecule has 0 aliphatic carbocycles. The van der Waals surface area contributed by atoms with Gasteiger partial charge in [-0.3, -0.25) is 19.3 Å². The number of urea groups is 1. The van der Waals surface area contributed by atoms with Gasteiger partial charge in [0.1, 0.15) is 17.9 Å². The van der Waals surface area contributed by atoms with E-state index in [0.29, 0.717) is 22.1 Å². The Balaban J connectivity index is 1.41. The molecule has 1 atom stereocenters. The fourth-order valence-corrected chi connectivity index (χ4v) is 4.25. The monoisotopic (exact) mass is 481 g/mol. The van der Waals surface area contributed by atoms with Crippen LogP contribution in [0.25, 0.3) is 11.3 Å². The number of nitrogens with one attached hydrogen (secondary N) is 3. The molecule has 2 aromatic carbocycles. The van der Waals surface area contributed by atoms with Crippen LogP contribution in [0.15, 0.2) is 53.9 Å². The molecular formula is C23H20FN5O4S. The van der Waals surface area contributed by atoms with Gasteiger partial charge in [0, 0.05) is 23.6 Å². The predicted molar refractivity (Wildman–Crippen MR) is 124 cm³/mol. The molecule has 1 aliphatic heterocycles. The Morgan fingerprint density at radius 1 is 1.09 bits per heavy atom. The van der Waals surface area contributed by atoms with Crippen molar-refractivity contribution in [1.29, 1.82) is 0 Å². The zero-order valence-corrected chi connectivity index (χ0v) is 19.0. The SMILES string of the molecule is CC(=O)Nc1ccc(-c2csc(NC(=O)CN3C(=O)NC(C)(c4ccc(F)cc4)C3=O)n2)cc1. The molecule has 2 heterocycles. The number of amides is 5. The van der Waals surface area contributed by atoms with Crippen LogP contribution >= 0.6 is 11.3 Å². The van der Waals surface area contributed by atoms with Crippen LogP contribution in [0.1, 0.15) is 19.4 Å². The number of hydrogen-bond donors (Lipinski definition) is 3. The van der Waals surface area contributed by atoms with Crippen molar-refractivity contribution in [1.82, 2.24) is 15.2 Å². The summed E-state index contributed by atoms with van der Waals surface area (Å²) in [7, 11) is 0. The largest absolute Gasteiger partial charge is 0.326 e. The molecule has 0 bridgehead atoms. The van der Waals surface area contributed by atoms with Gasteiger partial charge in [-0.2, -0.15) is 0 Å². The fourth-order valence-electron chi connectivity index (χ4n) is 3.51. The fraction of sp³-hybridized carbons (Fsp3) is 0.174. The predicted octanol–water partition coefficient (Wildman–Crippen LogP) is 3.31. The van der Waals surface area contributed by atoms with Crippen molar-refractivity contribution in [3.05, 3.63) is 65.3 Å². The van der Waals surface area contributed by atoms with Crippen LogP contribution in [0.2, 0.25) is 0 Å². The summed E-state index contributed by atoms with van der Waals surface area (Å²) in [6.45, 7) is 2.43. The number of carbonyl (C=O) groups excluding carboxylic acids is 4. The molecule has 1 saturated heterocycles. The number of anilines is 2. The van der Waals surface area contributed by atoms with Crippen LogP contribution in [0.3, 0.4) is 0 Å². The molecule has 0 saturated carbocycles. The highest BCUT2D eigenvalue weighted by atomic mass is 32.1. The average Bonchev–Trinajstić information content (AvgIpc) is 3.33. The Morgan fingerprint density at radius 3 is 2.41 bits per heavy atom. The summed E-state index contributed by atoms with van der Waals surface area (Å²) in [5, 5.41) is 9.91. The van der Waals surface area contributed by atoms with Crippen molar-refractivity contribution in [2.24, 2.45) is 0 Å². The van der Waals surface area contributed by atoms with E-state index in [9.17, 15) is 23.6 Å². The van der Waals surface area contributed by atoms with E-state index < -0.39 is 35.7 Å². The third-order valence-electron chi connectivity index (χ3n) is 5.25. The number of halogens is 1. The van der Waals surface area contributed by atoms with Gasteiger partial charge < -0.3 is 16.0 Å². The molecule has 1 aliphatic rings. The number of aromatic nitrogens is 1. The molecule has 1 unspecified atom stereocenters. The standard InChI is InChI=1S/C23H20FN5O4S/c1-13(30)25-17-9-3-14(4-10-17)18-12-34-21(26-18)27-19(31)11-29-20(32)23(2,28-22(29)33)15-5-7-16(24)8-6-15/h3-10,12H,11H2,1-2H3,(H,25,30)(H,28,33)(H,26,27,31). The minimum atomic E-state index is -1.40. The molecule has 3 N–H and O–H groups in total. The Kier molecular flexibility index (Phi) is 6.12. The van der Waals surface area contributed by atoms with E-state index in [1.807, 2.05) is 0 Å². The maximum atomic E-state index is 13.2. The number of hydrogen-bond acceptors (Lipinski definition) is 6. The minimum absolute atomic E-state index is 0.172. The lowest BCUT2D eigenvalue weighted by Crippen LogP contribution is -2.42. The van der Waals surface area contributed by atoms with E-state index in [-0.39, 0.29) is 5.91 Å². The highest BCUT2D eigenvalue weighted by molar-refractivity contribution is 7.14. The first-order valence-electron chi connectivity index (χ1n) is 10.2. The van der Waals surface area contributed by atoms with Gasteiger partial charge in [0.25, 0.3) is 5.91 Å². The van der Waals surface area contributed by atoms with Gasteiger partial charge in [-0.1, -0.05) is 24.3 Å². The van der Waals surface area contributed by atoms with Gasteiger partial charge in [-0.15, -0.1) is 11.3 Å². The number of carbonyl (C=O) groups is 4. The van der Waals surface area contributed by atoms with E-state index in [2.05, 4.69) is 20.9 Å². The highest BCUT2D eigenvalue weighted by Gasteiger charge is 2.49. The smallest absolute Gasteiger partial charge is 0.325 e. The topological polar surface area (TPSA) is 121 Å². The number of thiazole rings is 1. The molecule has 1 fully saturated rings. The van der Waals surface area contributed by atoms with Crippen LogP contribution in [0.5, 0.6) is 0 Å². The summed E-state index contributed by atoms with van der Waals surface area (Å²) in [5.74, 6) is -1.84. The normalized spacial score (nSPS) is 17.4. The molecular weight excluding hydrogens is 461 g/mol. The van der Waals surface area contributed by atoms with Gasteiger partial charge in [0.2, 0.25) is 11.8 Å². The second kappa shape index (κ2) is 9.02. The van der Waals surface area contributed by atoms with Crippen LogP contribution in [0.4, 0.5) is 20.0 Å². The lowest BCUT2D eigenvalue weighted by atomic mass is 9.92. The molecule has 4 rings (SSSR count). The second-order valence-corrected chi connectivity index (χ2v) is 8.66. The van der Waals surface area contributed by atoms with E-state index >= 15 is 0 Å². The number of rotatable bonds is 6. The molecule has 1 aromatic heterocycles. The minimum Gasteiger partial charge on any atom is -0.326 e. The first-order chi connectivity index (χ1) is 16.2. The van der Waals surface area contributed by atoms with Crippen molar-refractivity contribution in [3.63, 3.8) is 0 Å². The second-order valence-electron chi connectivity index (χ2n) is 7.80. The van der Waals surface area contributed by atoms with E-state index in [0.717, 1.165) is 10.5 Å². The van der Waals surface area contributed by atoms with Gasteiger partial charge in [0.15, 0.2) is 5.13 Å². The lowest BCUT2D eigenvalue weighted by Gasteiger charge is -2.22. The zero-order valence-electron chi connectivity index (χ0n) is 18.2. The van der Waals surface area contributed by atoms with Crippen molar-refractivity contribution >= 4 is 45.9 Å². The van der Waals surface area contributed by atoms with Crippen molar-refractivity contribution < 1.29 is 23.6 Å². The Morgan fingerprint density at radius 2 is 1.76 bits per heavy atom. The lowest BCUT2D eigenvalue weighted by molar-refractivity contribution is -0.133. The summed E-state index contributed by atoms with van der Waals surface area (Å²) in [6, 6.07) is 11.6. The van der Waals surface area contributed by atoms with Gasteiger partial charge in [-0.05, 0) is 36.8 Å². The van der Waals surface area contributed by atoms with Crippen LogP contribution < -0.4 is 16.0 Å². The molecule has 9 nitrogen and oxygen atoms in total. The summed E-state index contributed by atoms with van der Waals surface area (Å²) in [4.78, 5) is 54.2. The van der Waals surface area contributed by atoms with E-state index in [1.54, 1.807) is 29.6 Å². The molecule has 0 spiro atoms. The molecule has 5 amide bonds. The van der Waals surface area contributed by atoms with Gasteiger partial charge >= 0.3 is 6.03 Å². The summed E-state index contributed by atoms with van der Waals surface area (Å²) >= 11 is 1.19. The maximum absolute atomic E-state index is 13.2. The summed E-state index contributed by atoms with van der Waals surface area (Å²) in [6.07, 6.45) is 0. The first-order valence-corrected chi connectivity index (χ1v) is 11.1. The van der Waals surface area contributed by atoms with Crippen LogP contribution in [0, 0.1) is 5.82 Å². The molecule has 34 heavy (non-hydrogen) atoms. The third-order valence-corrected chi connectivity index (χ3v) is 6.01. The molecule has 174 valence electrons. The van der Waals surface area contributed by atoms with E-state index in [4.69, 9.17) is 0 Å². The Bertz CT molecular complexity index is 1280. The van der Waals surface area contributed by atoms with Crippen molar-refractivity contribution in [2.75, 3.05) is 17.2 Å². The Hall–Kier alpha value is -4.12. The Labute approximate surface area is 198 Å².